The Morgan fingerprint density at radius 3 is 2.25 bits per heavy atom. The van der Waals surface area contributed by atoms with Gasteiger partial charge in [-0.1, -0.05) is 29.8 Å². The van der Waals surface area contributed by atoms with Gasteiger partial charge in [0.15, 0.2) is 0 Å². The van der Waals surface area contributed by atoms with Gasteiger partial charge in [-0.05, 0) is 19.9 Å². The number of nitro benzene ring substituents is 1. The normalized spacial score (nSPS) is 15.2. The average Bonchev–Trinajstić information content (AvgIpc) is 2.85. The third-order valence-corrected chi connectivity index (χ3v) is 5.70. The maximum Gasteiger partial charge on any atom is 0.341 e. The molecule has 1 atom stereocenters. The summed E-state index contributed by atoms with van der Waals surface area (Å²) >= 11 is 5.94. The lowest BCUT2D eigenvalue weighted by Crippen LogP contribution is -2.33. The molecule has 2 aromatic rings. The van der Waals surface area contributed by atoms with Crippen LogP contribution in [0.5, 0.6) is 0 Å². The summed E-state index contributed by atoms with van der Waals surface area (Å²) in [6.07, 6.45) is 2.67. The van der Waals surface area contributed by atoms with E-state index in [0.717, 1.165) is 0 Å². The minimum absolute atomic E-state index is 0.0167. The fourth-order valence-electron chi connectivity index (χ4n) is 3.81. The number of hydrogen-bond donors (Lipinski definition) is 1. The van der Waals surface area contributed by atoms with E-state index in [1.807, 2.05) is 0 Å². The van der Waals surface area contributed by atoms with E-state index in [1.165, 1.54) is 43.8 Å². The number of aromatic nitrogens is 1. The first kappa shape index (κ1) is 26.4. The number of halogens is 1. The van der Waals surface area contributed by atoms with Crippen molar-refractivity contribution in [3.8, 4) is 0 Å². The number of benzene rings is 1. The highest BCUT2D eigenvalue weighted by atomic mass is 35.5. The predicted molar refractivity (Wildman–Crippen MR) is 127 cm³/mol. The van der Waals surface area contributed by atoms with Crippen molar-refractivity contribution in [2.45, 2.75) is 19.8 Å². The summed E-state index contributed by atoms with van der Waals surface area (Å²) in [4.78, 5) is 53.0. The third kappa shape index (κ3) is 5.52. The lowest BCUT2D eigenvalue weighted by atomic mass is 9.79. The molecule has 0 bridgehead atoms. The largest absolute Gasteiger partial charge is 0.466 e. The highest BCUT2D eigenvalue weighted by Crippen LogP contribution is 2.42. The summed E-state index contributed by atoms with van der Waals surface area (Å²) in [5.74, 6) is -3.50. The lowest BCUT2D eigenvalue weighted by Gasteiger charge is -2.30. The van der Waals surface area contributed by atoms with E-state index in [4.69, 9.17) is 25.8 Å². The number of allylic oxidation sites excluding steroid dienone is 2. The van der Waals surface area contributed by atoms with Crippen molar-refractivity contribution in [3.05, 3.63) is 91.5 Å². The molecule has 188 valence electrons. The molecule has 1 aromatic heterocycles. The van der Waals surface area contributed by atoms with Crippen molar-refractivity contribution in [2.24, 2.45) is 0 Å². The summed E-state index contributed by atoms with van der Waals surface area (Å²) in [6.45, 7) is 2.58. The van der Waals surface area contributed by atoms with Gasteiger partial charge in [-0.15, -0.1) is 0 Å². The van der Waals surface area contributed by atoms with Crippen molar-refractivity contribution in [3.63, 3.8) is 0 Å². The number of nitrogens with zero attached hydrogens (tertiary/aromatic N) is 2. The fraction of sp³-hybridized carbons (Fsp3) is 0.250. The molecule has 0 aliphatic carbocycles. The Bertz CT molecular complexity index is 1290. The number of nitrogens with one attached hydrogen (secondary N) is 1. The van der Waals surface area contributed by atoms with Gasteiger partial charge in [0.1, 0.15) is 13.2 Å². The van der Waals surface area contributed by atoms with Crippen LogP contribution in [0.3, 0.4) is 0 Å². The monoisotopic (exact) mass is 515 g/mol. The van der Waals surface area contributed by atoms with E-state index in [1.54, 1.807) is 19.9 Å². The molecule has 0 saturated heterocycles. The number of dihydropyridines is 1. The van der Waals surface area contributed by atoms with Crippen molar-refractivity contribution < 1.29 is 33.5 Å². The van der Waals surface area contributed by atoms with E-state index in [2.05, 4.69) is 10.3 Å². The van der Waals surface area contributed by atoms with Crippen LogP contribution in [-0.2, 0) is 23.8 Å². The first-order valence-corrected chi connectivity index (χ1v) is 11.0. The topological polar surface area (TPSA) is 147 Å². The van der Waals surface area contributed by atoms with Gasteiger partial charge >= 0.3 is 17.9 Å². The molecular formula is C24H22ClN3O8. The molecule has 1 aliphatic rings. The SMILES string of the molecule is COC(=O)C1=C(C)NC(C)=C(C(=O)OCCOC(=O)c2cnccc2Cl)C1c1ccccc1[N+](=O)[O-]. The molecule has 36 heavy (non-hydrogen) atoms. The zero-order valence-electron chi connectivity index (χ0n) is 19.6. The molecule has 3 rings (SSSR count). The predicted octanol–water partition coefficient (Wildman–Crippen LogP) is 3.45. The molecule has 0 radical (unpaired) electrons. The lowest BCUT2D eigenvalue weighted by molar-refractivity contribution is -0.385. The quantitative estimate of drug-likeness (QED) is 0.182. The minimum atomic E-state index is -1.13. The van der Waals surface area contributed by atoms with Gasteiger partial charge < -0.3 is 19.5 Å². The van der Waals surface area contributed by atoms with Crippen LogP contribution in [-0.4, -0.2) is 48.1 Å². The molecule has 1 N–H and O–H groups in total. The number of ether oxygens (including phenoxy) is 3. The first-order valence-electron chi connectivity index (χ1n) is 10.6. The molecule has 1 aliphatic heterocycles. The summed E-state index contributed by atoms with van der Waals surface area (Å²) in [6, 6.07) is 7.22. The molecule has 0 spiro atoms. The number of pyridine rings is 1. The third-order valence-electron chi connectivity index (χ3n) is 5.37. The molecule has 1 unspecified atom stereocenters. The average molecular weight is 516 g/mol. The highest BCUT2D eigenvalue weighted by molar-refractivity contribution is 6.33. The standard InChI is InChI=1S/C24H22ClN3O8/c1-13-19(23(30)34-3)21(15-6-4-5-7-18(15)28(32)33)20(14(2)27-13)24(31)36-11-10-35-22(29)16-12-26-9-8-17(16)25/h4-9,12,21,27H,10-11H2,1-3H3. The second-order valence-corrected chi connectivity index (χ2v) is 7.98. The van der Waals surface area contributed by atoms with E-state index in [9.17, 15) is 24.5 Å². The molecule has 0 fully saturated rings. The summed E-state index contributed by atoms with van der Waals surface area (Å²) < 4.78 is 15.3. The Balaban J connectivity index is 1.85. The van der Waals surface area contributed by atoms with Gasteiger partial charge in [-0.2, -0.15) is 0 Å². The fourth-order valence-corrected chi connectivity index (χ4v) is 3.99. The maximum atomic E-state index is 13.2. The molecule has 0 amide bonds. The van der Waals surface area contributed by atoms with Crippen LogP contribution in [0.15, 0.2) is 65.3 Å². The number of hydrogen-bond acceptors (Lipinski definition) is 10. The summed E-state index contributed by atoms with van der Waals surface area (Å²) in [5, 5.41) is 14.8. The van der Waals surface area contributed by atoms with Gasteiger partial charge in [-0.3, -0.25) is 15.1 Å². The van der Waals surface area contributed by atoms with Crippen LogP contribution in [0, 0.1) is 10.1 Å². The van der Waals surface area contributed by atoms with Crippen LogP contribution in [0.2, 0.25) is 5.02 Å². The highest BCUT2D eigenvalue weighted by Gasteiger charge is 2.40. The Labute approximate surface area is 210 Å². The Hall–Kier alpha value is -4.25. The minimum Gasteiger partial charge on any atom is -0.466 e. The van der Waals surface area contributed by atoms with Gasteiger partial charge in [-0.25, -0.2) is 14.4 Å². The number of carbonyl (C=O) groups is 3. The number of para-hydroxylation sites is 1. The first-order chi connectivity index (χ1) is 17.2. The zero-order valence-corrected chi connectivity index (χ0v) is 20.3. The molecule has 0 saturated carbocycles. The van der Waals surface area contributed by atoms with Crippen LogP contribution < -0.4 is 5.32 Å². The van der Waals surface area contributed by atoms with Gasteiger partial charge in [0.2, 0.25) is 0 Å². The molecule has 11 nitrogen and oxygen atoms in total. The number of rotatable bonds is 8. The Morgan fingerprint density at radius 2 is 1.64 bits per heavy atom. The van der Waals surface area contributed by atoms with E-state index >= 15 is 0 Å². The number of methoxy groups -OCH3 is 1. The van der Waals surface area contributed by atoms with Crippen molar-refractivity contribution in [1.82, 2.24) is 10.3 Å². The van der Waals surface area contributed by atoms with Crippen molar-refractivity contribution in [2.75, 3.05) is 20.3 Å². The maximum absolute atomic E-state index is 13.2. The number of esters is 3. The van der Waals surface area contributed by atoms with Crippen LogP contribution in [0.4, 0.5) is 5.69 Å². The van der Waals surface area contributed by atoms with Gasteiger partial charge in [0.25, 0.3) is 5.69 Å². The van der Waals surface area contributed by atoms with Crippen LogP contribution in [0.1, 0.15) is 35.7 Å². The molecular weight excluding hydrogens is 494 g/mol. The van der Waals surface area contributed by atoms with Crippen molar-refractivity contribution >= 4 is 35.2 Å². The Morgan fingerprint density at radius 1 is 1.03 bits per heavy atom. The molecule has 1 aromatic carbocycles. The smallest absolute Gasteiger partial charge is 0.341 e. The second-order valence-electron chi connectivity index (χ2n) is 7.57. The summed E-state index contributed by atoms with van der Waals surface area (Å²) in [7, 11) is 1.17. The zero-order chi connectivity index (χ0) is 26.4. The molecule has 2 heterocycles. The van der Waals surface area contributed by atoms with Gasteiger partial charge in [0.05, 0.1) is 39.7 Å². The van der Waals surface area contributed by atoms with Crippen LogP contribution >= 0.6 is 11.6 Å². The number of carbonyl (C=O) groups excluding carboxylic acids is 3. The van der Waals surface area contributed by atoms with Gasteiger partial charge in [0, 0.05) is 35.4 Å². The van der Waals surface area contributed by atoms with E-state index in [-0.39, 0.29) is 46.2 Å². The Kier molecular flexibility index (Phi) is 8.38. The summed E-state index contributed by atoms with van der Waals surface area (Å²) in [5.41, 5.74) is 0.625. The number of nitro groups is 1. The van der Waals surface area contributed by atoms with Crippen LogP contribution in [0.25, 0.3) is 0 Å². The van der Waals surface area contributed by atoms with Crippen molar-refractivity contribution in [1.29, 1.82) is 0 Å². The second kappa shape index (κ2) is 11.5. The molecule has 12 heteroatoms. The van der Waals surface area contributed by atoms with E-state index < -0.39 is 28.7 Å². The van der Waals surface area contributed by atoms with E-state index in [0.29, 0.717) is 11.4 Å².